The van der Waals surface area contributed by atoms with Gasteiger partial charge >= 0.3 is 0 Å². The number of nitrogens with zero attached hydrogens (tertiary/aromatic N) is 3. The van der Waals surface area contributed by atoms with Gasteiger partial charge in [-0.2, -0.15) is 0 Å². The number of nitrogens with one attached hydrogen (secondary N) is 1. The number of fused-ring (bicyclic) bond motifs is 1. The van der Waals surface area contributed by atoms with Crippen molar-refractivity contribution >= 4 is 23.0 Å². The van der Waals surface area contributed by atoms with Gasteiger partial charge in [0.1, 0.15) is 12.0 Å². The van der Waals surface area contributed by atoms with Gasteiger partial charge < -0.3 is 16.0 Å². The van der Waals surface area contributed by atoms with Crippen LogP contribution in [0.15, 0.2) is 60.9 Å². The molecule has 0 spiro atoms. The van der Waals surface area contributed by atoms with Crippen molar-refractivity contribution < 1.29 is 0 Å². The van der Waals surface area contributed by atoms with Crippen molar-refractivity contribution in [2.75, 3.05) is 22.5 Å². The van der Waals surface area contributed by atoms with Crippen LogP contribution in [-0.2, 0) is 13.0 Å². The van der Waals surface area contributed by atoms with Crippen molar-refractivity contribution in [1.29, 1.82) is 0 Å². The molecule has 0 bridgehead atoms. The summed E-state index contributed by atoms with van der Waals surface area (Å²) in [6.45, 7) is 1.57. The first-order chi connectivity index (χ1) is 11.8. The molecule has 1 aliphatic heterocycles. The van der Waals surface area contributed by atoms with Crippen LogP contribution < -0.4 is 16.0 Å². The normalized spacial score (nSPS) is 12.9. The molecule has 0 saturated heterocycles. The minimum atomic E-state index is 0.588. The van der Waals surface area contributed by atoms with Crippen LogP contribution in [0.5, 0.6) is 0 Å². The molecule has 1 aromatic heterocycles. The van der Waals surface area contributed by atoms with Crippen LogP contribution in [0, 0.1) is 0 Å². The summed E-state index contributed by atoms with van der Waals surface area (Å²) in [5.41, 5.74) is 10.6. The van der Waals surface area contributed by atoms with E-state index in [1.165, 1.54) is 16.8 Å². The Labute approximate surface area is 141 Å². The number of rotatable bonds is 4. The van der Waals surface area contributed by atoms with Crippen LogP contribution in [0.1, 0.15) is 11.1 Å². The maximum atomic E-state index is 6.36. The summed E-state index contributed by atoms with van der Waals surface area (Å²) in [6.07, 6.45) is 2.58. The lowest BCUT2D eigenvalue weighted by Gasteiger charge is -2.21. The second-order valence-electron chi connectivity index (χ2n) is 5.83. The fourth-order valence-corrected chi connectivity index (χ4v) is 3.08. The molecule has 5 nitrogen and oxygen atoms in total. The van der Waals surface area contributed by atoms with E-state index in [0.29, 0.717) is 18.1 Å². The van der Waals surface area contributed by atoms with E-state index in [2.05, 4.69) is 50.5 Å². The summed E-state index contributed by atoms with van der Waals surface area (Å²) in [4.78, 5) is 10.9. The van der Waals surface area contributed by atoms with Crippen molar-refractivity contribution in [3.8, 4) is 0 Å². The summed E-state index contributed by atoms with van der Waals surface area (Å²) in [5.74, 6) is 1.44. The first kappa shape index (κ1) is 14.5. The third-order valence-corrected chi connectivity index (χ3v) is 4.31. The fourth-order valence-electron chi connectivity index (χ4n) is 3.08. The molecule has 4 rings (SSSR count). The number of aromatic nitrogens is 2. The van der Waals surface area contributed by atoms with Crippen molar-refractivity contribution in [1.82, 2.24) is 9.97 Å². The zero-order valence-corrected chi connectivity index (χ0v) is 13.3. The first-order valence-electron chi connectivity index (χ1n) is 8.06. The minimum absolute atomic E-state index is 0.588. The number of nitrogens with two attached hydrogens (primary N) is 1. The van der Waals surface area contributed by atoms with Gasteiger partial charge in [0.2, 0.25) is 0 Å². The van der Waals surface area contributed by atoms with Crippen LogP contribution in [0.3, 0.4) is 0 Å². The summed E-state index contributed by atoms with van der Waals surface area (Å²) >= 11 is 0. The molecule has 0 unspecified atom stereocenters. The van der Waals surface area contributed by atoms with Crippen molar-refractivity contribution in [2.45, 2.75) is 13.0 Å². The van der Waals surface area contributed by atoms with E-state index in [-0.39, 0.29) is 0 Å². The lowest BCUT2D eigenvalue weighted by Crippen LogP contribution is -2.18. The smallest absolute Gasteiger partial charge is 0.161 e. The SMILES string of the molecule is Nc1c(NCc2ccccc2)ncnc1N1CCc2ccccc21. The summed E-state index contributed by atoms with van der Waals surface area (Å²) < 4.78 is 0. The Morgan fingerprint density at radius 1 is 1.00 bits per heavy atom. The third kappa shape index (κ3) is 2.65. The van der Waals surface area contributed by atoms with Crippen LogP contribution in [0.2, 0.25) is 0 Å². The Balaban J connectivity index is 1.60. The Morgan fingerprint density at radius 3 is 2.67 bits per heavy atom. The topological polar surface area (TPSA) is 67.1 Å². The molecule has 0 atom stereocenters. The predicted octanol–water partition coefficient (Wildman–Crippen LogP) is 3.37. The van der Waals surface area contributed by atoms with Crippen LogP contribution in [-0.4, -0.2) is 16.5 Å². The lowest BCUT2D eigenvalue weighted by molar-refractivity contribution is 0.964. The third-order valence-electron chi connectivity index (χ3n) is 4.31. The van der Waals surface area contributed by atoms with Gasteiger partial charge in [0.15, 0.2) is 11.6 Å². The molecule has 1 aliphatic rings. The van der Waals surface area contributed by atoms with Crippen molar-refractivity contribution in [3.05, 3.63) is 72.1 Å². The highest BCUT2D eigenvalue weighted by molar-refractivity contribution is 5.81. The second-order valence-corrected chi connectivity index (χ2v) is 5.83. The van der Waals surface area contributed by atoms with Gasteiger partial charge in [-0.05, 0) is 23.6 Å². The Bertz CT molecular complexity index is 847. The molecule has 0 aliphatic carbocycles. The molecule has 120 valence electrons. The van der Waals surface area contributed by atoms with Gasteiger partial charge in [-0.15, -0.1) is 0 Å². The van der Waals surface area contributed by atoms with Crippen LogP contribution >= 0.6 is 0 Å². The number of anilines is 4. The van der Waals surface area contributed by atoms with Gasteiger partial charge in [-0.1, -0.05) is 48.5 Å². The number of benzene rings is 2. The molecule has 2 heterocycles. The molecule has 0 amide bonds. The first-order valence-corrected chi connectivity index (χ1v) is 8.06. The van der Waals surface area contributed by atoms with E-state index in [1.54, 1.807) is 6.33 Å². The molecule has 24 heavy (non-hydrogen) atoms. The highest BCUT2D eigenvalue weighted by atomic mass is 15.2. The van der Waals surface area contributed by atoms with Crippen molar-refractivity contribution in [2.24, 2.45) is 0 Å². The monoisotopic (exact) mass is 317 g/mol. The van der Waals surface area contributed by atoms with E-state index in [1.807, 2.05) is 24.3 Å². The fraction of sp³-hybridized carbons (Fsp3) is 0.158. The zero-order chi connectivity index (χ0) is 16.4. The van der Waals surface area contributed by atoms with Crippen LogP contribution in [0.4, 0.5) is 23.0 Å². The Morgan fingerprint density at radius 2 is 1.79 bits per heavy atom. The van der Waals surface area contributed by atoms with E-state index in [0.717, 1.165) is 18.8 Å². The number of para-hydroxylation sites is 1. The number of nitrogen functional groups attached to an aromatic ring is 1. The van der Waals surface area contributed by atoms with Gasteiger partial charge in [0.25, 0.3) is 0 Å². The number of hydrogen-bond acceptors (Lipinski definition) is 5. The van der Waals surface area contributed by atoms with E-state index < -0.39 is 0 Å². The average molecular weight is 317 g/mol. The molecule has 3 N–H and O–H groups in total. The maximum Gasteiger partial charge on any atom is 0.161 e. The summed E-state index contributed by atoms with van der Waals surface area (Å²) in [5, 5.41) is 3.31. The van der Waals surface area contributed by atoms with Gasteiger partial charge in [-0.25, -0.2) is 9.97 Å². The molecule has 0 fully saturated rings. The largest absolute Gasteiger partial charge is 0.393 e. The highest BCUT2D eigenvalue weighted by Gasteiger charge is 2.23. The lowest BCUT2D eigenvalue weighted by atomic mass is 10.2. The average Bonchev–Trinajstić information content (AvgIpc) is 3.06. The van der Waals surface area contributed by atoms with Gasteiger partial charge in [0, 0.05) is 18.8 Å². The number of hydrogen-bond donors (Lipinski definition) is 2. The zero-order valence-electron chi connectivity index (χ0n) is 13.3. The van der Waals surface area contributed by atoms with Crippen molar-refractivity contribution in [3.63, 3.8) is 0 Å². The second kappa shape index (κ2) is 6.20. The Hall–Kier alpha value is -3.08. The summed E-state index contributed by atoms with van der Waals surface area (Å²) in [6, 6.07) is 18.6. The van der Waals surface area contributed by atoms with E-state index in [4.69, 9.17) is 5.73 Å². The van der Waals surface area contributed by atoms with Crippen LogP contribution in [0.25, 0.3) is 0 Å². The molecular formula is C19H19N5. The minimum Gasteiger partial charge on any atom is -0.393 e. The molecule has 0 saturated carbocycles. The van der Waals surface area contributed by atoms with Gasteiger partial charge in [-0.3, -0.25) is 0 Å². The molecule has 5 heteroatoms. The predicted molar refractivity (Wildman–Crippen MR) is 97.4 cm³/mol. The molecule has 2 aromatic carbocycles. The quantitative estimate of drug-likeness (QED) is 0.772. The molecule has 3 aromatic rings. The maximum absolute atomic E-state index is 6.36. The standard InChI is InChI=1S/C19H19N5/c20-17-18(21-12-14-6-2-1-3-7-14)22-13-23-19(17)24-11-10-15-8-4-5-9-16(15)24/h1-9,13H,10-12,20H2,(H,21,22,23). The molecular weight excluding hydrogens is 298 g/mol. The van der Waals surface area contributed by atoms with E-state index >= 15 is 0 Å². The van der Waals surface area contributed by atoms with Gasteiger partial charge in [0.05, 0.1) is 0 Å². The highest BCUT2D eigenvalue weighted by Crippen LogP contribution is 2.37. The Kier molecular flexibility index (Phi) is 3.75. The molecule has 0 radical (unpaired) electrons. The van der Waals surface area contributed by atoms with E-state index in [9.17, 15) is 0 Å². The summed E-state index contributed by atoms with van der Waals surface area (Å²) in [7, 11) is 0.